The van der Waals surface area contributed by atoms with Crippen LogP contribution in [0.2, 0.25) is 0 Å². The molecule has 1 aliphatic heterocycles. The quantitative estimate of drug-likeness (QED) is 0.844. The van der Waals surface area contributed by atoms with Gasteiger partial charge in [0.15, 0.2) is 0 Å². The predicted octanol–water partition coefficient (Wildman–Crippen LogP) is 2.88. The molecule has 0 saturated carbocycles. The highest BCUT2D eigenvalue weighted by Gasteiger charge is 2.14. The minimum atomic E-state index is 0. The summed E-state index contributed by atoms with van der Waals surface area (Å²) in [6.45, 7) is 4.76. The zero-order valence-electron chi connectivity index (χ0n) is 9.44. The molecule has 0 spiro atoms. The summed E-state index contributed by atoms with van der Waals surface area (Å²) < 4.78 is 5.45. The number of hydrogen-bond acceptors (Lipinski definition) is 3. The third-order valence-corrected chi connectivity index (χ3v) is 3.41. The minimum absolute atomic E-state index is 0. The van der Waals surface area contributed by atoms with Crippen molar-refractivity contribution in [2.45, 2.75) is 17.9 Å². The molecular formula is C12H18ClNOS. The zero-order chi connectivity index (χ0) is 10.5. The topological polar surface area (TPSA) is 21.3 Å². The van der Waals surface area contributed by atoms with Gasteiger partial charge in [-0.1, -0.05) is 19.1 Å². The SMILES string of the molecule is CCSc1ccc([C@@H]2COCCN2)cc1.Cl. The van der Waals surface area contributed by atoms with Crippen LogP contribution in [-0.4, -0.2) is 25.5 Å². The smallest absolute Gasteiger partial charge is 0.0662 e. The lowest BCUT2D eigenvalue weighted by Gasteiger charge is -2.24. The molecule has 1 saturated heterocycles. The molecule has 2 nitrogen and oxygen atoms in total. The fourth-order valence-corrected chi connectivity index (χ4v) is 2.40. The summed E-state index contributed by atoms with van der Waals surface area (Å²) >= 11 is 1.88. The van der Waals surface area contributed by atoms with Crippen molar-refractivity contribution in [3.05, 3.63) is 29.8 Å². The van der Waals surface area contributed by atoms with Gasteiger partial charge >= 0.3 is 0 Å². The van der Waals surface area contributed by atoms with E-state index < -0.39 is 0 Å². The molecule has 1 N–H and O–H groups in total. The average molecular weight is 260 g/mol. The van der Waals surface area contributed by atoms with E-state index in [2.05, 4.69) is 36.5 Å². The first-order chi connectivity index (χ1) is 7.40. The molecule has 0 aliphatic carbocycles. The Balaban J connectivity index is 0.00000128. The summed E-state index contributed by atoms with van der Waals surface area (Å²) in [5, 5.41) is 3.46. The Bertz CT molecular complexity index is 298. The first kappa shape index (κ1) is 13.8. The Morgan fingerprint density at radius 1 is 1.38 bits per heavy atom. The van der Waals surface area contributed by atoms with Crippen molar-refractivity contribution in [3.63, 3.8) is 0 Å². The number of rotatable bonds is 3. The predicted molar refractivity (Wildman–Crippen MR) is 71.7 cm³/mol. The summed E-state index contributed by atoms with van der Waals surface area (Å²) in [5.41, 5.74) is 1.33. The second kappa shape index (κ2) is 7.17. The molecule has 0 unspecified atom stereocenters. The second-order valence-corrected chi connectivity index (χ2v) is 4.92. The lowest BCUT2D eigenvalue weighted by molar-refractivity contribution is 0.0769. The van der Waals surface area contributed by atoms with Gasteiger partial charge in [0.1, 0.15) is 0 Å². The van der Waals surface area contributed by atoms with E-state index in [1.807, 2.05) is 11.8 Å². The van der Waals surface area contributed by atoms with Gasteiger partial charge in [0.05, 0.1) is 19.3 Å². The van der Waals surface area contributed by atoms with Gasteiger partial charge < -0.3 is 10.1 Å². The molecule has 2 rings (SSSR count). The number of nitrogens with one attached hydrogen (secondary N) is 1. The van der Waals surface area contributed by atoms with Crippen molar-refractivity contribution in [3.8, 4) is 0 Å². The molecule has 1 fully saturated rings. The van der Waals surface area contributed by atoms with Crippen LogP contribution < -0.4 is 5.32 Å². The summed E-state index contributed by atoms with van der Waals surface area (Å²) in [5.74, 6) is 1.13. The van der Waals surface area contributed by atoms with Crippen molar-refractivity contribution in [2.24, 2.45) is 0 Å². The van der Waals surface area contributed by atoms with Crippen molar-refractivity contribution >= 4 is 24.2 Å². The van der Waals surface area contributed by atoms with Crippen LogP contribution in [0.5, 0.6) is 0 Å². The van der Waals surface area contributed by atoms with E-state index in [9.17, 15) is 0 Å². The van der Waals surface area contributed by atoms with E-state index in [1.165, 1.54) is 10.5 Å². The average Bonchev–Trinajstić information content (AvgIpc) is 2.32. The molecule has 16 heavy (non-hydrogen) atoms. The highest BCUT2D eigenvalue weighted by atomic mass is 35.5. The van der Waals surface area contributed by atoms with Gasteiger partial charge in [0.25, 0.3) is 0 Å². The number of thioether (sulfide) groups is 1. The summed E-state index contributed by atoms with van der Waals surface area (Å²) in [6.07, 6.45) is 0. The van der Waals surface area contributed by atoms with E-state index >= 15 is 0 Å². The standard InChI is InChI=1S/C12H17NOS.ClH/c1-2-15-11-5-3-10(4-6-11)12-9-14-8-7-13-12;/h3-6,12-13H,2,7-9H2,1H3;1H/t12-;/m0./s1. The number of hydrogen-bond donors (Lipinski definition) is 1. The fourth-order valence-electron chi connectivity index (χ4n) is 1.74. The monoisotopic (exact) mass is 259 g/mol. The Labute approximate surface area is 108 Å². The number of morpholine rings is 1. The molecule has 1 heterocycles. The van der Waals surface area contributed by atoms with Crippen molar-refractivity contribution in [1.82, 2.24) is 5.32 Å². The maximum atomic E-state index is 5.45. The van der Waals surface area contributed by atoms with Gasteiger partial charge in [-0.15, -0.1) is 24.2 Å². The number of ether oxygens (including phenoxy) is 1. The van der Waals surface area contributed by atoms with Gasteiger partial charge in [-0.3, -0.25) is 0 Å². The Morgan fingerprint density at radius 3 is 2.69 bits per heavy atom. The molecule has 0 radical (unpaired) electrons. The maximum absolute atomic E-state index is 5.45. The van der Waals surface area contributed by atoms with Crippen LogP contribution in [0.3, 0.4) is 0 Å². The summed E-state index contributed by atoms with van der Waals surface area (Å²) in [4.78, 5) is 1.35. The van der Waals surface area contributed by atoms with E-state index in [0.717, 1.165) is 25.5 Å². The van der Waals surface area contributed by atoms with Gasteiger partial charge in [0, 0.05) is 11.4 Å². The third kappa shape index (κ3) is 3.67. The van der Waals surface area contributed by atoms with E-state index in [1.54, 1.807) is 0 Å². The molecule has 90 valence electrons. The Hall–Kier alpha value is -0.220. The number of benzene rings is 1. The van der Waals surface area contributed by atoms with Crippen LogP contribution in [0.15, 0.2) is 29.2 Å². The Kier molecular flexibility index (Phi) is 6.21. The van der Waals surface area contributed by atoms with E-state index in [0.29, 0.717) is 6.04 Å². The molecule has 1 aromatic carbocycles. The van der Waals surface area contributed by atoms with Crippen LogP contribution in [0, 0.1) is 0 Å². The normalized spacial score (nSPS) is 20.2. The first-order valence-corrected chi connectivity index (χ1v) is 6.42. The van der Waals surface area contributed by atoms with E-state index in [4.69, 9.17) is 4.74 Å². The molecule has 1 atom stereocenters. The zero-order valence-corrected chi connectivity index (χ0v) is 11.1. The second-order valence-electron chi connectivity index (χ2n) is 3.58. The van der Waals surface area contributed by atoms with Crippen molar-refractivity contribution in [1.29, 1.82) is 0 Å². The maximum Gasteiger partial charge on any atom is 0.0662 e. The van der Waals surface area contributed by atoms with Gasteiger partial charge in [-0.05, 0) is 23.4 Å². The van der Waals surface area contributed by atoms with Crippen molar-refractivity contribution < 1.29 is 4.74 Å². The van der Waals surface area contributed by atoms with Crippen LogP contribution in [0.1, 0.15) is 18.5 Å². The molecular weight excluding hydrogens is 242 g/mol. The lowest BCUT2D eigenvalue weighted by atomic mass is 10.1. The molecule has 0 amide bonds. The summed E-state index contributed by atoms with van der Waals surface area (Å²) in [7, 11) is 0. The highest BCUT2D eigenvalue weighted by molar-refractivity contribution is 7.99. The largest absolute Gasteiger partial charge is 0.378 e. The van der Waals surface area contributed by atoms with E-state index in [-0.39, 0.29) is 12.4 Å². The van der Waals surface area contributed by atoms with Gasteiger partial charge in [-0.2, -0.15) is 0 Å². The van der Waals surface area contributed by atoms with Crippen LogP contribution in [0.4, 0.5) is 0 Å². The fraction of sp³-hybridized carbons (Fsp3) is 0.500. The molecule has 1 aliphatic rings. The highest BCUT2D eigenvalue weighted by Crippen LogP contribution is 2.21. The Morgan fingerprint density at radius 2 is 2.12 bits per heavy atom. The minimum Gasteiger partial charge on any atom is -0.378 e. The summed E-state index contributed by atoms with van der Waals surface area (Å²) in [6, 6.07) is 9.16. The molecule has 4 heteroatoms. The molecule has 1 aromatic rings. The van der Waals surface area contributed by atoms with Crippen LogP contribution in [0.25, 0.3) is 0 Å². The van der Waals surface area contributed by atoms with Gasteiger partial charge in [-0.25, -0.2) is 0 Å². The lowest BCUT2D eigenvalue weighted by Crippen LogP contribution is -2.34. The van der Waals surface area contributed by atoms with Crippen molar-refractivity contribution in [2.75, 3.05) is 25.5 Å². The van der Waals surface area contributed by atoms with Crippen LogP contribution in [-0.2, 0) is 4.74 Å². The van der Waals surface area contributed by atoms with Gasteiger partial charge in [0.2, 0.25) is 0 Å². The first-order valence-electron chi connectivity index (χ1n) is 5.44. The third-order valence-electron chi connectivity index (χ3n) is 2.52. The molecule has 0 aromatic heterocycles. The number of halogens is 1. The van der Waals surface area contributed by atoms with Crippen LogP contribution >= 0.6 is 24.2 Å². The molecule has 0 bridgehead atoms.